The van der Waals surface area contributed by atoms with Gasteiger partial charge in [-0.3, -0.25) is 14.4 Å². The average Bonchev–Trinajstić information content (AvgIpc) is 3.12. The number of carbonyl (C=O) groups is 2. The highest BCUT2D eigenvalue weighted by atomic mass is 32.1. The Labute approximate surface area is 160 Å². The molecule has 27 heavy (non-hydrogen) atoms. The van der Waals surface area contributed by atoms with Gasteiger partial charge in [0.15, 0.2) is 6.61 Å². The van der Waals surface area contributed by atoms with Crippen molar-refractivity contribution in [2.45, 2.75) is 6.61 Å². The largest absolute Gasteiger partial charge is 0.487 e. The molecule has 2 aromatic carbocycles. The Morgan fingerprint density at radius 1 is 1.00 bits per heavy atom. The van der Waals surface area contributed by atoms with Crippen molar-refractivity contribution >= 4 is 23.2 Å². The second-order valence-corrected chi connectivity index (χ2v) is 6.68. The summed E-state index contributed by atoms with van der Waals surface area (Å²) in [5.74, 6) is -0.721. The molecule has 0 aliphatic carbocycles. The molecule has 1 heterocycles. The van der Waals surface area contributed by atoms with E-state index in [1.807, 2.05) is 66.7 Å². The summed E-state index contributed by atoms with van der Waals surface area (Å²) in [5.41, 5.74) is 9.19. The lowest BCUT2D eigenvalue weighted by molar-refractivity contribution is -0.124. The van der Waals surface area contributed by atoms with Gasteiger partial charge in [0, 0.05) is 4.88 Å². The van der Waals surface area contributed by atoms with E-state index in [0.29, 0.717) is 17.2 Å². The summed E-state index contributed by atoms with van der Waals surface area (Å²) in [6.07, 6.45) is 0. The zero-order valence-corrected chi connectivity index (χ0v) is 15.2. The van der Waals surface area contributed by atoms with Gasteiger partial charge in [-0.1, -0.05) is 60.7 Å². The van der Waals surface area contributed by atoms with Crippen LogP contribution in [-0.2, 0) is 16.2 Å². The molecular formula is C20H18N2O4S. The van der Waals surface area contributed by atoms with Crippen LogP contribution in [0, 0.1) is 0 Å². The molecule has 0 saturated carbocycles. The van der Waals surface area contributed by atoms with Crippen molar-refractivity contribution in [3.63, 3.8) is 0 Å². The minimum Gasteiger partial charge on any atom is -0.487 e. The first-order valence-electron chi connectivity index (χ1n) is 8.20. The van der Waals surface area contributed by atoms with E-state index < -0.39 is 18.4 Å². The molecule has 0 bridgehead atoms. The normalized spacial score (nSPS) is 10.4. The first-order chi connectivity index (χ1) is 13.1. The number of hydroxylamine groups is 1. The fourth-order valence-corrected chi connectivity index (χ4v) is 3.33. The van der Waals surface area contributed by atoms with Crippen molar-refractivity contribution in [2.75, 3.05) is 6.61 Å². The molecule has 0 atom stereocenters. The van der Waals surface area contributed by atoms with Crippen molar-refractivity contribution in [1.82, 2.24) is 5.48 Å². The zero-order valence-electron chi connectivity index (χ0n) is 14.4. The van der Waals surface area contributed by atoms with Gasteiger partial charge >= 0.3 is 0 Å². The molecule has 0 aliphatic rings. The third-order valence-corrected chi connectivity index (χ3v) is 4.74. The number of amides is 2. The molecule has 7 heteroatoms. The van der Waals surface area contributed by atoms with Gasteiger partial charge in [-0.15, -0.1) is 11.3 Å². The quantitative estimate of drug-likeness (QED) is 0.586. The van der Waals surface area contributed by atoms with Crippen molar-refractivity contribution in [1.29, 1.82) is 0 Å². The molecule has 0 radical (unpaired) electrons. The van der Waals surface area contributed by atoms with Crippen LogP contribution in [0.2, 0.25) is 0 Å². The van der Waals surface area contributed by atoms with Gasteiger partial charge in [0.05, 0.1) is 0 Å². The molecule has 3 rings (SSSR count). The Morgan fingerprint density at radius 3 is 2.33 bits per heavy atom. The molecule has 0 saturated heterocycles. The lowest BCUT2D eigenvalue weighted by Gasteiger charge is -2.07. The van der Waals surface area contributed by atoms with Gasteiger partial charge in [0.2, 0.25) is 5.91 Å². The van der Waals surface area contributed by atoms with Gasteiger partial charge in [-0.25, -0.2) is 5.48 Å². The summed E-state index contributed by atoms with van der Waals surface area (Å²) < 4.78 is 5.88. The number of nitrogens with one attached hydrogen (secondary N) is 1. The fourth-order valence-electron chi connectivity index (χ4n) is 2.34. The Kier molecular flexibility index (Phi) is 6.19. The van der Waals surface area contributed by atoms with Crippen LogP contribution >= 0.6 is 11.3 Å². The average molecular weight is 382 g/mol. The number of ether oxygens (including phenoxy) is 1. The van der Waals surface area contributed by atoms with E-state index >= 15 is 0 Å². The Morgan fingerprint density at radius 2 is 1.67 bits per heavy atom. The van der Waals surface area contributed by atoms with Crippen LogP contribution in [0.15, 0.2) is 66.7 Å². The lowest BCUT2D eigenvalue weighted by atomic mass is 10.2. The topological polar surface area (TPSA) is 90.7 Å². The minimum atomic E-state index is -0.674. The van der Waals surface area contributed by atoms with E-state index in [4.69, 9.17) is 15.3 Å². The molecule has 0 spiro atoms. The molecule has 3 N–H and O–H groups in total. The smallest absolute Gasteiger partial charge is 0.288 e. The molecule has 6 nitrogen and oxygen atoms in total. The Hall–Kier alpha value is -3.16. The van der Waals surface area contributed by atoms with Crippen molar-refractivity contribution in [2.24, 2.45) is 5.73 Å². The van der Waals surface area contributed by atoms with Crippen LogP contribution in [-0.4, -0.2) is 18.4 Å². The summed E-state index contributed by atoms with van der Waals surface area (Å²) in [5, 5.41) is 0. The maximum absolute atomic E-state index is 12.4. The SMILES string of the molecule is NC(=O)CONC(=O)c1sc(-c2ccccc2)cc1OCc1ccccc1. The first-order valence-corrected chi connectivity index (χ1v) is 9.01. The number of thiophene rings is 1. The second kappa shape index (κ2) is 8.98. The van der Waals surface area contributed by atoms with Gasteiger partial charge in [-0.05, 0) is 17.2 Å². The van der Waals surface area contributed by atoms with E-state index in [-0.39, 0.29) is 0 Å². The van der Waals surface area contributed by atoms with Crippen LogP contribution < -0.4 is 16.0 Å². The fraction of sp³-hybridized carbons (Fsp3) is 0.100. The predicted molar refractivity (Wildman–Crippen MR) is 103 cm³/mol. The van der Waals surface area contributed by atoms with E-state index in [0.717, 1.165) is 16.0 Å². The maximum atomic E-state index is 12.4. The van der Waals surface area contributed by atoms with E-state index in [2.05, 4.69) is 5.48 Å². The van der Waals surface area contributed by atoms with Gasteiger partial charge in [-0.2, -0.15) is 0 Å². The highest BCUT2D eigenvalue weighted by Crippen LogP contribution is 2.36. The number of benzene rings is 2. The van der Waals surface area contributed by atoms with Crippen LogP contribution in [0.1, 0.15) is 15.2 Å². The van der Waals surface area contributed by atoms with Gasteiger partial charge in [0.1, 0.15) is 17.2 Å². The lowest BCUT2D eigenvalue weighted by Crippen LogP contribution is -2.29. The third kappa shape index (κ3) is 5.16. The summed E-state index contributed by atoms with van der Waals surface area (Å²) in [6, 6.07) is 21.2. The van der Waals surface area contributed by atoms with Crippen LogP contribution in [0.3, 0.4) is 0 Å². The summed E-state index contributed by atoms with van der Waals surface area (Å²) >= 11 is 1.28. The highest BCUT2D eigenvalue weighted by molar-refractivity contribution is 7.17. The van der Waals surface area contributed by atoms with Gasteiger partial charge < -0.3 is 10.5 Å². The highest BCUT2D eigenvalue weighted by Gasteiger charge is 2.19. The maximum Gasteiger partial charge on any atom is 0.288 e. The number of rotatable bonds is 8. The number of hydrogen-bond donors (Lipinski definition) is 2. The van der Waals surface area contributed by atoms with Crippen molar-refractivity contribution in [3.05, 3.63) is 77.2 Å². The Balaban J connectivity index is 1.81. The molecule has 0 fully saturated rings. The van der Waals surface area contributed by atoms with Crippen LogP contribution in [0.25, 0.3) is 10.4 Å². The van der Waals surface area contributed by atoms with E-state index in [9.17, 15) is 9.59 Å². The van der Waals surface area contributed by atoms with Crippen molar-refractivity contribution in [3.8, 4) is 16.2 Å². The molecule has 1 aromatic heterocycles. The number of nitrogens with two attached hydrogens (primary N) is 1. The molecule has 0 unspecified atom stereocenters. The van der Waals surface area contributed by atoms with Crippen LogP contribution in [0.4, 0.5) is 0 Å². The molecule has 3 aromatic rings. The number of primary amides is 1. The van der Waals surface area contributed by atoms with E-state index in [1.165, 1.54) is 11.3 Å². The predicted octanol–water partition coefficient (Wildman–Crippen LogP) is 3.14. The molecule has 0 aliphatic heterocycles. The first kappa shape index (κ1) is 18.6. The Bertz CT molecular complexity index is 910. The zero-order chi connectivity index (χ0) is 19.1. The summed E-state index contributed by atoms with van der Waals surface area (Å²) in [7, 11) is 0. The monoisotopic (exact) mass is 382 g/mol. The van der Waals surface area contributed by atoms with E-state index in [1.54, 1.807) is 0 Å². The molecule has 2 amide bonds. The van der Waals surface area contributed by atoms with Gasteiger partial charge in [0.25, 0.3) is 5.91 Å². The van der Waals surface area contributed by atoms with Crippen LogP contribution in [0.5, 0.6) is 5.75 Å². The number of carbonyl (C=O) groups excluding carboxylic acids is 2. The standard InChI is InChI=1S/C20H18N2O4S/c21-18(23)13-26-22-20(24)19-16(25-12-14-7-3-1-4-8-14)11-17(27-19)15-9-5-2-6-10-15/h1-11H,12-13H2,(H2,21,23)(H,22,24). The third-order valence-electron chi connectivity index (χ3n) is 3.58. The summed E-state index contributed by atoms with van der Waals surface area (Å²) in [6.45, 7) is -0.0723. The molecular weight excluding hydrogens is 364 g/mol. The molecule has 138 valence electrons. The second-order valence-electron chi connectivity index (χ2n) is 5.63. The summed E-state index contributed by atoms with van der Waals surface area (Å²) in [4.78, 5) is 29.3. The van der Waals surface area contributed by atoms with Crippen molar-refractivity contribution < 1.29 is 19.2 Å². The minimum absolute atomic E-state index is 0.328. The number of hydrogen-bond acceptors (Lipinski definition) is 5.